The van der Waals surface area contributed by atoms with Crippen molar-refractivity contribution in [3.63, 3.8) is 0 Å². The molecule has 0 unspecified atom stereocenters. The number of fused-ring (bicyclic) bond motifs is 5. The van der Waals surface area contributed by atoms with Crippen molar-refractivity contribution < 1.29 is 19.7 Å². The average molecular weight is 463 g/mol. The van der Waals surface area contributed by atoms with Crippen LogP contribution in [0.5, 0.6) is 0 Å². The van der Waals surface area contributed by atoms with Gasteiger partial charge in [-0.1, -0.05) is 41.5 Å². The van der Waals surface area contributed by atoms with Gasteiger partial charge in [-0.3, -0.25) is 4.79 Å². The number of hydrogen-bond donors (Lipinski definition) is 2. The van der Waals surface area contributed by atoms with E-state index in [-0.39, 0.29) is 34.7 Å². The maximum Gasteiger partial charge on any atom is 0.136 e. The van der Waals surface area contributed by atoms with E-state index in [2.05, 4.69) is 41.5 Å². The van der Waals surface area contributed by atoms with E-state index in [1.807, 2.05) is 0 Å². The Morgan fingerprint density at radius 1 is 0.909 bits per heavy atom. The largest absolute Gasteiger partial charge is 0.390 e. The zero-order valence-corrected chi connectivity index (χ0v) is 22.2. The minimum absolute atomic E-state index is 0.0764. The maximum atomic E-state index is 13.5. The molecule has 0 heterocycles. The molecule has 4 saturated carbocycles. The summed E-state index contributed by atoms with van der Waals surface area (Å²) in [6, 6.07) is 0. The molecule has 0 aromatic heterocycles. The van der Waals surface area contributed by atoms with E-state index in [4.69, 9.17) is 4.74 Å². The fourth-order valence-electron chi connectivity index (χ4n) is 9.38. The molecule has 4 nitrogen and oxygen atoms in total. The Hall–Kier alpha value is -0.450. The Balaban J connectivity index is 1.53. The molecule has 4 aliphatic carbocycles. The molecule has 0 amide bonds. The van der Waals surface area contributed by atoms with E-state index < -0.39 is 12.2 Å². The first-order valence-electron chi connectivity index (χ1n) is 13.9. The Morgan fingerprint density at radius 2 is 1.55 bits per heavy atom. The predicted molar refractivity (Wildman–Crippen MR) is 132 cm³/mol. The standard InChI is InChI=1S/C29H50O4/c1-16(2)17(3)26(31)27(32)18(4)21-8-9-22-20-15-25(30)24-14-19(33-7)10-12-29(24,6)23(20)11-13-28(21,22)5/h16-24,26-27,31-32H,8-15H2,1-7H3/t17-,18+,19+,20+,21-,22+,23+,24-,26-,27-,28-,29-/m1/s1. The number of carbonyl (C=O) groups is 1. The van der Waals surface area contributed by atoms with Crippen molar-refractivity contribution in [2.45, 2.75) is 111 Å². The lowest BCUT2D eigenvalue weighted by molar-refractivity contribution is -0.163. The van der Waals surface area contributed by atoms with Crippen LogP contribution in [0.25, 0.3) is 0 Å². The van der Waals surface area contributed by atoms with Crippen LogP contribution in [-0.4, -0.2) is 41.4 Å². The number of hydrogen-bond acceptors (Lipinski definition) is 4. The van der Waals surface area contributed by atoms with Gasteiger partial charge >= 0.3 is 0 Å². The average Bonchev–Trinajstić information content (AvgIpc) is 3.14. The summed E-state index contributed by atoms with van der Waals surface area (Å²) < 4.78 is 5.67. The summed E-state index contributed by atoms with van der Waals surface area (Å²) in [5.41, 5.74) is 0.290. The van der Waals surface area contributed by atoms with Gasteiger partial charge in [0.15, 0.2) is 0 Å². The van der Waals surface area contributed by atoms with Crippen LogP contribution in [-0.2, 0) is 9.53 Å². The number of methoxy groups -OCH3 is 1. The minimum Gasteiger partial charge on any atom is -0.390 e. The second-order valence-corrected chi connectivity index (χ2v) is 13.4. The third-order valence-electron chi connectivity index (χ3n) is 11.9. The number of ether oxygens (including phenoxy) is 1. The number of Topliss-reactive ketones (excluding diaryl/α,β-unsaturated/α-hetero) is 1. The molecule has 4 rings (SSSR count). The lowest BCUT2D eigenvalue weighted by Crippen LogP contribution is -2.57. The highest BCUT2D eigenvalue weighted by atomic mass is 16.5. The summed E-state index contributed by atoms with van der Waals surface area (Å²) in [7, 11) is 1.79. The van der Waals surface area contributed by atoms with Crippen LogP contribution in [0, 0.1) is 58.2 Å². The number of rotatable bonds is 6. The Labute approximate surface area is 202 Å². The van der Waals surface area contributed by atoms with Crippen LogP contribution < -0.4 is 0 Å². The van der Waals surface area contributed by atoms with Gasteiger partial charge in [-0.2, -0.15) is 0 Å². The normalized spacial score (nSPS) is 46.8. The molecule has 4 aliphatic rings. The van der Waals surface area contributed by atoms with Crippen LogP contribution in [0.1, 0.15) is 92.9 Å². The molecule has 2 N–H and O–H groups in total. The summed E-state index contributed by atoms with van der Waals surface area (Å²) in [6.45, 7) is 13.3. The number of aliphatic hydroxyl groups excluding tert-OH is 2. The van der Waals surface area contributed by atoms with Crippen molar-refractivity contribution in [1.29, 1.82) is 0 Å². The molecular weight excluding hydrogens is 412 g/mol. The number of aliphatic hydroxyl groups is 2. The monoisotopic (exact) mass is 462 g/mol. The highest BCUT2D eigenvalue weighted by Crippen LogP contribution is 2.68. The fourth-order valence-corrected chi connectivity index (χ4v) is 9.38. The van der Waals surface area contributed by atoms with E-state index >= 15 is 0 Å². The lowest BCUT2D eigenvalue weighted by atomic mass is 9.44. The molecule has 12 atom stereocenters. The predicted octanol–water partition coefficient (Wildman–Crippen LogP) is 5.49. The molecule has 0 bridgehead atoms. The summed E-state index contributed by atoms with van der Waals surface area (Å²) in [5.74, 6) is 3.28. The molecule has 0 aromatic rings. The van der Waals surface area contributed by atoms with Gasteiger partial charge in [0.05, 0.1) is 18.3 Å². The van der Waals surface area contributed by atoms with Gasteiger partial charge in [0, 0.05) is 19.4 Å². The van der Waals surface area contributed by atoms with Crippen molar-refractivity contribution in [1.82, 2.24) is 0 Å². The summed E-state index contributed by atoms with van der Waals surface area (Å²) >= 11 is 0. The molecule has 4 fully saturated rings. The van der Waals surface area contributed by atoms with Crippen LogP contribution >= 0.6 is 0 Å². The third-order valence-corrected chi connectivity index (χ3v) is 11.9. The molecule has 0 aliphatic heterocycles. The number of ketones is 1. The maximum absolute atomic E-state index is 13.5. The van der Waals surface area contributed by atoms with E-state index in [0.717, 1.165) is 32.1 Å². The van der Waals surface area contributed by atoms with Crippen molar-refractivity contribution in [2.75, 3.05) is 7.11 Å². The van der Waals surface area contributed by atoms with Crippen molar-refractivity contribution in [3.05, 3.63) is 0 Å². The number of carbonyl (C=O) groups excluding carboxylic acids is 1. The third kappa shape index (κ3) is 4.04. The second kappa shape index (κ2) is 9.21. The first kappa shape index (κ1) is 25.6. The van der Waals surface area contributed by atoms with Crippen LogP contribution in [0.3, 0.4) is 0 Å². The summed E-state index contributed by atoms with van der Waals surface area (Å²) in [6.07, 6.45) is 7.44. The molecule has 0 saturated heterocycles. The first-order valence-corrected chi connectivity index (χ1v) is 13.9. The van der Waals surface area contributed by atoms with Gasteiger partial charge in [0.2, 0.25) is 0 Å². The van der Waals surface area contributed by atoms with Gasteiger partial charge in [-0.05, 0) is 97.2 Å². The van der Waals surface area contributed by atoms with E-state index in [1.165, 1.54) is 19.3 Å². The minimum atomic E-state index is -0.681. The van der Waals surface area contributed by atoms with Gasteiger partial charge in [-0.25, -0.2) is 0 Å². The van der Waals surface area contributed by atoms with Crippen molar-refractivity contribution in [3.8, 4) is 0 Å². The van der Waals surface area contributed by atoms with E-state index in [1.54, 1.807) is 7.11 Å². The SMILES string of the molecule is CO[C@H]1CC[C@@]2(C)[C@H](C1)C(=O)C[C@@H]1[C@@H]2CC[C@]2(C)[C@@H]([C@H](C)[C@@H](O)[C@H](O)[C@H](C)C(C)C)CC[C@@H]12. The van der Waals surface area contributed by atoms with Crippen molar-refractivity contribution >= 4 is 5.78 Å². The van der Waals surface area contributed by atoms with Crippen LogP contribution in [0.15, 0.2) is 0 Å². The molecule has 0 radical (unpaired) electrons. The molecule has 33 heavy (non-hydrogen) atoms. The van der Waals surface area contributed by atoms with E-state index in [0.29, 0.717) is 35.4 Å². The first-order chi connectivity index (χ1) is 15.5. The second-order valence-electron chi connectivity index (χ2n) is 13.4. The molecule has 190 valence electrons. The van der Waals surface area contributed by atoms with Crippen LogP contribution in [0.2, 0.25) is 0 Å². The summed E-state index contributed by atoms with van der Waals surface area (Å²) in [4.78, 5) is 13.5. The molecule has 0 aromatic carbocycles. The van der Waals surface area contributed by atoms with Crippen LogP contribution in [0.4, 0.5) is 0 Å². The molecular formula is C29H50O4. The quantitative estimate of drug-likeness (QED) is 0.548. The summed E-state index contributed by atoms with van der Waals surface area (Å²) in [5, 5.41) is 22.1. The highest BCUT2D eigenvalue weighted by Gasteiger charge is 2.63. The molecule has 4 heteroatoms. The topological polar surface area (TPSA) is 66.8 Å². The fraction of sp³-hybridized carbons (Fsp3) is 0.966. The Kier molecular flexibility index (Phi) is 7.15. The van der Waals surface area contributed by atoms with Gasteiger partial charge in [0.1, 0.15) is 5.78 Å². The lowest BCUT2D eigenvalue weighted by Gasteiger charge is -2.60. The van der Waals surface area contributed by atoms with Crippen molar-refractivity contribution in [2.24, 2.45) is 58.2 Å². The van der Waals surface area contributed by atoms with Gasteiger partial charge < -0.3 is 14.9 Å². The zero-order valence-electron chi connectivity index (χ0n) is 22.2. The van der Waals surface area contributed by atoms with E-state index in [9.17, 15) is 15.0 Å². The van der Waals surface area contributed by atoms with Gasteiger partial charge in [0.25, 0.3) is 0 Å². The Morgan fingerprint density at radius 3 is 2.18 bits per heavy atom. The van der Waals surface area contributed by atoms with Gasteiger partial charge in [-0.15, -0.1) is 0 Å². The highest BCUT2D eigenvalue weighted by molar-refractivity contribution is 5.83. The smallest absolute Gasteiger partial charge is 0.136 e. The molecule has 0 spiro atoms. The zero-order chi connectivity index (χ0) is 24.3. The Bertz CT molecular complexity index is 720.